The fraction of sp³-hybridized carbons (Fsp3) is 0.0833. The Kier molecular flexibility index (Phi) is 4.98. The summed E-state index contributed by atoms with van der Waals surface area (Å²) < 4.78 is 5.73. The van der Waals surface area contributed by atoms with Gasteiger partial charge in [0.1, 0.15) is 12.9 Å². The van der Waals surface area contributed by atoms with Gasteiger partial charge in [0.2, 0.25) is 0 Å². The second kappa shape index (κ2) is 8.23. The van der Waals surface area contributed by atoms with Crippen LogP contribution in [0.5, 0.6) is 11.5 Å². The third-order valence-corrected chi connectivity index (χ3v) is 4.95. The molecular weight excluding hydrogens is 390 g/mol. The first-order valence-corrected chi connectivity index (χ1v) is 9.86. The first-order valence-electron chi connectivity index (χ1n) is 9.86. The number of hydrogen-bond acceptors (Lipinski definition) is 7. The van der Waals surface area contributed by atoms with E-state index < -0.39 is 0 Å². The molecule has 1 aromatic heterocycles. The van der Waals surface area contributed by atoms with Crippen molar-refractivity contribution in [2.24, 2.45) is 9.98 Å². The van der Waals surface area contributed by atoms with E-state index in [9.17, 15) is 5.11 Å². The molecule has 0 atom stereocenters. The molecule has 7 heteroatoms. The topological polar surface area (TPSA) is 83.2 Å². The zero-order valence-corrected chi connectivity index (χ0v) is 16.6. The van der Waals surface area contributed by atoms with Crippen molar-refractivity contribution in [3.05, 3.63) is 89.5 Å². The predicted molar refractivity (Wildman–Crippen MR) is 120 cm³/mol. The number of phenolic OH excluding ortho intramolecular Hbond substituents is 1. The van der Waals surface area contributed by atoms with Gasteiger partial charge in [-0.15, -0.1) is 0 Å². The fourth-order valence-corrected chi connectivity index (χ4v) is 3.44. The largest absolute Gasteiger partial charge is 0.504 e. The summed E-state index contributed by atoms with van der Waals surface area (Å²) in [6, 6.07) is 11.3. The number of allylic oxidation sites excluding steroid dienone is 2. The minimum Gasteiger partial charge on any atom is -0.504 e. The lowest BCUT2D eigenvalue weighted by Crippen LogP contribution is -2.28. The van der Waals surface area contributed by atoms with E-state index in [1.807, 2.05) is 48.8 Å². The Balaban J connectivity index is 1.77. The number of rotatable bonds is 0. The molecule has 0 fully saturated rings. The molecule has 31 heavy (non-hydrogen) atoms. The Labute approximate surface area is 178 Å². The minimum absolute atomic E-state index is 0.0302. The second-order valence-electron chi connectivity index (χ2n) is 6.95. The van der Waals surface area contributed by atoms with E-state index in [0.717, 1.165) is 22.8 Å². The van der Waals surface area contributed by atoms with Gasteiger partial charge in [0.25, 0.3) is 0 Å². The van der Waals surface area contributed by atoms with E-state index in [1.54, 1.807) is 24.4 Å². The van der Waals surface area contributed by atoms with Gasteiger partial charge in [-0.2, -0.15) is 0 Å². The van der Waals surface area contributed by atoms with Gasteiger partial charge in [-0.3, -0.25) is 4.99 Å². The molecule has 0 unspecified atom stereocenters. The summed E-state index contributed by atoms with van der Waals surface area (Å²) in [6.45, 7) is 1.03. The van der Waals surface area contributed by atoms with Crippen molar-refractivity contribution in [1.29, 1.82) is 0 Å². The highest BCUT2D eigenvalue weighted by atomic mass is 16.5. The molecule has 2 bridgehead atoms. The maximum atomic E-state index is 10.9. The van der Waals surface area contributed by atoms with Crippen LogP contribution in [0.4, 0.5) is 5.82 Å². The Morgan fingerprint density at radius 1 is 1.03 bits per heavy atom. The van der Waals surface area contributed by atoms with Crippen molar-refractivity contribution >= 4 is 29.1 Å². The second-order valence-corrected chi connectivity index (χ2v) is 6.95. The zero-order chi connectivity index (χ0) is 21.0. The number of aromatic nitrogens is 2. The molecule has 2 aliphatic rings. The molecule has 152 valence electrons. The molecule has 5 rings (SSSR count). The third-order valence-electron chi connectivity index (χ3n) is 4.95. The van der Waals surface area contributed by atoms with Gasteiger partial charge in [-0.1, -0.05) is 24.3 Å². The van der Waals surface area contributed by atoms with E-state index in [0.29, 0.717) is 22.5 Å². The maximum absolute atomic E-state index is 10.9. The molecule has 0 aliphatic carbocycles. The van der Waals surface area contributed by atoms with Crippen LogP contribution in [0.3, 0.4) is 0 Å². The highest BCUT2D eigenvalue weighted by Gasteiger charge is 2.13. The molecule has 0 amide bonds. The lowest BCUT2D eigenvalue weighted by molar-refractivity contribution is 0.338. The predicted octanol–water partition coefficient (Wildman–Crippen LogP) is 2.76. The van der Waals surface area contributed by atoms with Crippen LogP contribution in [-0.4, -0.2) is 39.3 Å². The number of nitrogens with zero attached hydrogens (tertiary/aromatic N) is 5. The van der Waals surface area contributed by atoms with Crippen molar-refractivity contribution in [2.45, 2.75) is 0 Å². The van der Waals surface area contributed by atoms with Gasteiger partial charge in [0, 0.05) is 24.2 Å². The van der Waals surface area contributed by atoms with E-state index in [1.165, 1.54) is 6.33 Å². The monoisotopic (exact) mass is 409 g/mol. The number of ether oxygens (including phenoxy) is 1. The molecule has 0 saturated heterocycles. The molecule has 0 spiro atoms. The van der Waals surface area contributed by atoms with E-state index in [4.69, 9.17) is 9.73 Å². The van der Waals surface area contributed by atoms with Gasteiger partial charge in [0.15, 0.2) is 17.3 Å². The van der Waals surface area contributed by atoms with Gasteiger partial charge in [0.05, 0.1) is 28.2 Å². The molecule has 7 nitrogen and oxygen atoms in total. The summed E-state index contributed by atoms with van der Waals surface area (Å²) in [7, 11) is 0. The van der Waals surface area contributed by atoms with Crippen LogP contribution in [0.2, 0.25) is 0 Å². The third kappa shape index (κ3) is 3.81. The number of benzene rings is 2. The molecule has 0 radical (unpaired) electrons. The van der Waals surface area contributed by atoms with E-state index in [2.05, 4.69) is 25.9 Å². The molecule has 3 aromatic rings. The maximum Gasteiger partial charge on any atom is 0.171 e. The van der Waals surface area contributed by atoms with Crippen LogP contribution in [0.25, 0.3) is 17.1 Å². The minimum atomic E-state index is -0.0302. The van der Waals surface area contributed by atoms with Crippen LogP contribution >= 0.6 is 0 Å². The molecule has 2 aromatic carbocycles. The summed E-state index contributed by atoms with van der Waals surface area (Å²) in [5.74, 6) is 0.696. The van der Waals surface area contributed by atoms with Crippen LogP contribution in [-0.2, 0) is 0 Å². The number of aromatic hydroxyl groups is 1. The SMILES string of the molecule is Oc1c2ccc3ncnc(c13)N=c1ccccc1=CN1CC=CC1=CN=CC=CCO2. The van der Waals surface area contributed by atoms with Crippen molar-refractivity contribution < 1.29 is 9.84 Å². The lowest BCUT2D eigenvalue weighted by Gasteiger charge is -2.13. The Morgan fingerprint density at radius 3 is 2.94 bits per heavy atom. The smallest absolute Gasteiger partial charge is 0.171 e. The summed E-state index contributed by atoms with van der Waals surface area (Å²) in [5, 5.41) is 13.0. The van der Waals surface area contributed by atoms with Gasteiger partial charge >= 0.3 is 0 Å². The fourth-order valence-electron chi connectivity index (χ4n) is 3.44. The Morgan fingerprint density at radius 2 is 1.97 bits per heavy atom. The molecule has 0 saturated carbocycles. The van der Waals surface area contributed by atoms with Crippen molar-refractivity contribution in [3.63, 3.8) is 0 Å². The quantitative estimate of drug-likeness (QED) is 0.617. The summed E-state index contributed by atoms with van der Waals surface area (Å²) in [6.07, 6.45) is 14.7. The molecule has 3 heterocycles. The van der Waals surface area contributed by atoms with Crippen LogP contribution in [0, 0.1) is 0 Å². The first-order chi connectivity index (χ1) is 15.3. The van der Waals surface area contributed by atoms with Gasteiger partial charge in [-0.05, 0) is 36.4 Å². The number of aliphatic imine (C=N–C) groups is 1. The average molecular weight is 409 g/mol. The molecular formula is C24H19N5O2. The molecule has 1 N–H and O–H groups in total. The Bertz CT molecular complexity index is 1390. The van der Waals surface area contributed by atoms with Crippen LogP contribution < -0.4 is 15.3 Å². The van der Waals surface area contributed by atoms with Crippen molar-refractivity contribution in [3.8, 4) is 11.5 Å². The number of fused-ring (bicyclic) bond motifs is 3. The highest BCUT2D eigenvalue weighted by molar-refractivity contribution is 5.95. The summed E-state index contributed by atoms with van der Waals surface area (Å²) >= 11 is 0. The van der Waals surface area contributed by atoms with Crippen molar-refractivity contribution in [1.82, 2.24) is 14.9 Å². The average Bonchev–Trinajstić information content (AvgIpc) is 3.22. The normalized spacial score (nSPS) is 15.5. The number of para-hydroxylation sites is 1. The van der Waals surface area contributed by atoms with E-state index in [-0.39, 0.29) is 12.4 Å². The summed E-state index contributed by atoms with van der Waals surface area (Å²) in [5.41, 5.74) is 1.57. The highest BCUT2D eigenvalue weighted by Crippen LogP contribution is 2.37. The Hall–Kier alpha value is -4.26. The number of phenols is 1. The number of hydrogen-bond donors (Lipinski definition) is 1. The van der Waals surface area contributed by atoms with Crippen LogP contribution in [0.15, 0.2) is 88.9 Å². The van der Waals surface area contributed by atoms with Crippen molar-refractivity contribution in [2.75, 3.05) is 13.2 Å². The van der Waals surface area contributed by atoms with Gasteiger partial charge < -0.3 is 14.7 Å². The molecule has 2 aliphatic heterocycles. The standard InChI is InChI=1S/C24H19N5O2/c30-23-21-10-9-20-22(23)24(27-16-26-20)28-19-8-2-1-6-17(19)15-29-12-5-7-18(29)14-25-11-3-4-13-31-21/h1-11,14-16,30H,12-13H2. The lowest BCUT2D eigenvalue weighted by atomic mass is 10.2. The van der Waals surface area contributed by atoms with Crippen LogP contribution in [0.1, 0.15) is 0 Å². The van der Waals surface area contributed by atoms with E-state index >= 15 is 0 Å². The first kappa shape index (κ1) is 18.7. The zero-order valence-electron chi connectivity index (χ0n) is 16.6. The van der Waals surface area contributed by atoms with Gasteiger partial charge in [-0.25, -0.2) is 15.0 Å². The summed E-state index contributed by atoms with van der Waals surface area (Å²) in [4.78, 5) is 19.8.